The van der Waals surface area contributed by atoms with Crippen molar-refractivity contribution in [1.29, 1.82) is 0 Å². The Morgan fingerprint density at radius 2 is 1.73 bits per heavy atom. The van der Waals surface area contributed by atoms with Gasteiger partial charge in [-0.1, -0.05) is 17.7 Å². The highest BCUT2D eigenvalue weighted by Gasteiger charge is 2.13. The number of nitrogens with two attached hydrogens (primary N) is 1. The minimum absolute atomic E-state index is 0.0721. The molecule has 0 bridgehead atoms. The van der Waals surface area contributed by atoms with E-state index in [2.05, 4.69) is 23.6 Å². The Hall–Kier alpha value is -2.49. The summed E-state index contributed by atoms with van der Waals surface area (Å²) in [5.41, 5.74) is 11.0. The van der Waals surface area contributed by atoms with Crippen LogP contribution in [0.25, 0.3) is 0 Å². The van der Waals surface area contributed by atoms with Gasteiger partial charge in [0.1, 0.15) is 0 Å². The molecule has 4 heteroatoms. The lowest BCUT2D eigenvalue weighted by Gasteiger charge is -2.16. The zero-order valence-corrected chi connectivity index (χ0v) is 13.5. The first-order valence-corrected chi connectivity index (χ1v) is 7.41. The Labute approximate surface area is 131 Å². The minimum Gasteiger partial charge on any atom is -0.399 e. The first-order valence-electron chi connectivity index (χ1n) is 7.41. The number of benzene rings is 2. The van der Waals surface area contributed by atoms with Crippen molar-refractivity contribution in [2.45, 2.75) is 33.7 Å². The van der Waals surface area contributed by atoms with E-state index in [0.717, 1.165) is 16.9 Å². The Balaban J connectivity index is 2.36. The number of rotatable bonds is 4. The highest BCUT2D eigenvalue weighted by Crippen LogP contribution is 2.26. The van der Waals surface area contributed by atoms with Crippen LogP contribution in [0.4, 0.5) is 17.1 Å². The van der Waals surface area contributed by atoms with Crippen molar-refractivity contribution < 1.29 is 4.79 Å². The van der Waals surface area contributed by atoms with E-state index in [1.54, 1.807) is 12.1 Å². The van der Waals surface area contributed by atoms with Gasteiger partial charge in [-0.25, -0.2) is 0 Å². The minimum atomic E-state index is -0.130. The molecule has 1 amide bonds. The van der Waals surface area contributed by atoms with Gasteiger partial charge in [0.2, 0.25) is 0 Å². The van der Waals surface area contributed by atoms with Crippen molar-refractivity contribution in [3.8, 4) is 0 Å². The number of carbonyl (C=O) groups is 1. The predicted octanol–water partition coefficient (Wildman–Crippen LogP) is 3.77. The fourth-order valence-electron chi connectivity index (χ4n) is 2.30. The lowest BCUT2D eigenvalue weighted by atomic mass is 10.1. The van der Waals surface area contributed by atoms with Gasteiger partial charge in [-0.3, -0.25) is 4.79 Å². The summed E-state index contributed by atoms with van der Waals surface area (Å²) in [7, 11) is 0. The van der Waals surface area contributed by atoms with E-state index in [1.807, 2.05) is 39.0 Å². The largest absolute Gasteiger partial charge is 0.399 e. The second kappa shape index (κ2) is 6.52. The standard InChI is InChI=1S/C18H23N3O/c1-11(2)20-18(22)15-10-14(19)6-8-17(15)21-16-7-5-12(3)9-13(16)4/h5-11,21H,19H2,1-4H3,(H,20,22). The van der Waals surface area contributed by atoms with Crippen LogP contribution >= 0.6 is 0 Å². The zero-order valence-electron chi connectivity index (χ0n) is 13.5. The molecule has 2 aromatic carbocycles. The normalized spacial score (nSPS) is 10.6. The Kier molecular flexibility index (Phi) is 4.71. The van der Waals surface area contributed by atoms with E-state index in [9.17, 15) is 4.79 Å². The molecule has 116 valence electrons. The fraction of sp³-hybridized carbons (Fsp3) is 0.278. The van der Waals surface area contributed by atoms with Crippen LogP contribution in [-0.4, -0.2) is 11.9 Å². The molecule has 0 aliphatic heterocycles. The van der Waals surface area contributed by atoms with Crippen molar-refractivity contribution in [3.63, 3.8) is 0 Å². The van der Waals surface area contributed by atoms with Gasteiger partial charge in [-0.2, -0.15) is 0 Å². The third kappa shape index (κ3) is 3.79. The van der Waals surface area contributed by atoms with E-state index in [4.69, 9.17) is 5.73 Å². The highest BCUT2D eigenvalue weighted by molar-refractivity contribution is 6.01. The van der Waals surface area contributed by atoms with Gasteiger partial charge in [0, 0.05) is 17.4 Å². The first-order chi connectivity index (χ1) is 10.4. The molecule has 0 radical (unpaired) electrons. The topological polar surface area (TPSA) is 67.1 Å². The average molecular weight is 297 g/mol. The predicted molar refractivity (Wildman–Crippen MR) is 92.7 cm³/mol. The maximum absolute atomic E-state index is 12.4. The van der Waals surface area contributed by atoms with Crippen LogP contribution in [0.5, 0.6) is 0 Å². The molecule has 4 nitrogen and oxygen atoms in total. The summed E-state index contributed by atoms with van der Waals surface area (Å²) in [5.74, 6) is -0.130. The number of hydrogen-bond donors (Lipinski definition) is 3. The zero-order chi connectivity index (χ0) is 16.3. The number of carbonyl (C=O) groups excluding carboxylic acids is 1. The van der Waals surface area contributed by atoms with E-state index < -0.39 is 0 Å². The summed E-state index contributed by atoms with van der Waals surface area (Å²) in [5, 5.41) is 6.23. The quantitative estimate of drug-likeness (QED) is 0.753. The SMILES string of the molecule is Cc1ccc(Nc2ccc(N)cc2C(=O)NC(C)C)c(C)c1. The maximum atomic E-state index is 12.4. The van der Waals surface area contributed by atoms with Crippen LogP contribution in [0.2, 0.25) is 0 Å². The molecule has 0 unspecified atom stereocenters. The number of hydrogen-bond acceptors (Lipinski definition) is 3. The molecule has 2 aromatic rings. The fourth-order valence-corrected chi connectivity index (χ4v) is 2.30. The van der Waals surface area contributed by atoms with Crippen molar-refractivity contribution in [2.24, 2.45) is 0 Å². The monoisotopic (exact) mass is 297 g/mol. The molecule has 0 spiro atoms. The number of anilines is 3. The Morgan fingerprint density at radius 3 is 2.36 bits per heavy atom. The molecular weight excluding hydrogens is 274 g/mol. The smallest absolute Gasteiger partial charge is 0.253 e. The van der Waals surface area contributed by atoms with Crippen molar-refractivity contribution in [1.82, 2.24) is 5.32 Å². The van der Waals surface area contributed by atoms with Crippen LogP contribution < -0.4 is 16.4 Å². The van der Waals surface area contributed by atoms with Gasteiger partial charge in [0.15, 0.2) is 0 Å². The molecular formula is C18H23N3O. The summed E-state index contributed by atoms with van der Waals surface area (Å²) >= 11 is 0. The van der Waals surface area contributed by atoms with Crippen LogP contribution in [0.15, 0.2) is 36.4 Å². The van der Waals surface area contributed by atoms with E-state index in [0.29, 0.717) is 11.3 Å². The van der Waals surface area contributed by atoms with Gasteiger partial charge >= 0.3 is 0 Å². The van der Waals surface area contributed by atoms with Gasteiger partial charge < -0.3 is 16.4 Å². The molecule has 0 fully saturated rings. The highest BCUT2D eigenvalue weighted by atomic mass is 16.1. The molecule has 0 aliphatic carbocycles. The van der Waals surface area contributed by atoms with E-state index in [-0.39, 0.29) is 11.9 Å². The third-order valence-corrected chi connectivity index (χ3v) is 3.36. The third-order valence-electron chi connectivity index (χ3n) is 3.36. The first kappa shape index (κ1) is 15.9. The van der Waals surface area contributed by atoms with E-state index >= 15 is 0 Å². The van der Waals surface area contributed by atoms with E-state index in [1.165, 1.54) is 5.56 Å². The molecule has 2 rings (SSSR count). The summed E-state index contributed by atoms with van der Waals surface area (Å²) < 4.78 is 0. The van der Waals surface area contributed by atoms with Gasteiger partial charge in [-0.15, -0.1) is 0 Å². The summed E-state index contributed by atoms with van der Waals surface area (Å²) in [6.07, 6.45) is 0. The van der Waals surface area contributed by atoms with Crippen LogP contribution in [0.1, 0.15) is 35.3 Å². The van der Waals surface area contributed by atoms with Crippen molar-refractivity contribution in [3.05, 3.63) is 53.1 Å². The second-order valence-corrected chi connectivity index (χ2v) is 5.88. The molecule has 22 heavy (non-hydrogen) atoms. The maximum Gasteiger partial charge on any atom is 0.253 e. The van der Waals surface area contributed by atoms with Crippen molar-refractivity contribution >= 4 is 23.0 Å². The van der Waals surface area contributed by atoms with Gasteiger partial charge in [-0.05, 0) is 57.5 Å². The average Bonchev–Trinajstić information content (AvgIpc) is 2.42. The molecule has 4 N–H and O–H groups in total. The van der Waals surface area contributed by atoms with Crippen LogP contribution in [0, 0.1) is 13.8 Å². The molecule has 0 aromatic heterocycles. The molecule has 0 saturated heterocycles. The number of nitrogens with one attached hydrogen (secondary N) is 2. The van der Waals surface area contributed by atoms with Gasteiger partial charge in [0.05, 0.1) is 11.3 Å². The van der Waals surface area contributed by atoms with Crippen LogP contribution in [0.3, 0.4) is 0 Å². The summed E-state index contributed by atoms with van der Waals surface area (Å²) in [6, 6.07) is 11.6. The lowest BCUT2D eigenvalue weighted by Crippen LogP contribution is -2.30. The second-order valence-electron chi connectivity index (χ2n) is 5.88. The molecule has 0 aliphatic rings. The molecule has 0 atom stereocenters. The number of aryl methyl sites for hydroxylation is 2. The Morgan fingerprint density at radius 1 is 1.05 bits per heavy atom. The molecule has 0 saturated carbocycles. The number of nitrogen functional groups attached to an aromatic ring is 1. The number of amides is 1. The van der Waals surface area contributed by atoms with Crippen LogP contribution in [-0.2, 0) is 0 Å². The van der Waals surface area contributed by atoms with Crippen molar-refractivity contribution in [2.75, 3.05) is 11.1 Å². The summed E-state index contributed by atoms with van der Waals surface area (Å²) in [6.45, 7) is 7.96. The lowest BCUT2D eigenvalue weighted by molar-refractivity contribution is 0.0944. The Bertz CT molecular complexity index is 693. The van der Waals surface area contributed by atoms with Gasteiger partial charge in [0.25, 0.3) is 5.91 Å². The summed E-state index contributed by atoms with van der Waals surface area (Å²) in [4.78, 5) is 12.4. The molecule has 0 heterocycles.